The maximum absolute atomic E-state index is 5.54. The molecule has 0 amide bonds. The molecule has 2 heterocycles. The molecule has 1 aromatic carbocycles. The van der Waals surface area contributed by atoms with Crippen LogP contribution in [0.2, 0.25) is 0 Å². The van der Waals surface area contributed by atoms with Crippen molar-refractivity contribution in [3.05, 3.63) is 48.2 Å². The summed E-state index contributed by atoms with van der Waals surface area (Å²) in [5.41, 5.74) is 8.91. The minimum atomic E-state index is 0.685. The van der Waals surface area contributed by atoms with E-state index < -0.39 is 0 Å². The average molecular weight is 255 g/mol. The van der Waals surface area contributed by atoms with Crippen LogP contribution in [0.15, 0.2) is 42.6 Å². The van der Waals surface area contributed by atoms with Gasteiger partial charge in [0.15, 0.2) is 0 Å². The number of thiazole rings is 1. The third-order valence-corrected chi connectivity index (χ3v) is 3.83. The molecule has 0 aliphatic rings. The van der Waals surface area contributed by atoms with Crippen LogP contribution < -0.4 is 5.73 Å². The fourth-order valence-corrected chi connectivity index (χ4v) is 2.79. The summed E-state index contributed by atoms with van der Waals surface area (Å²) in [4.78, 5) is 9.89. The van der Waals surface area contributed by atoms with Crippen molar-refractivity contribution in [2.45, 2.75) is 6.42 Å². The first-order valence-corrected chi connectivity index (χ1v) is 6.69. The average Bonchev–Trinajstić information content (AvgIpc) is 2.84. The predicted octanol–water partition coefficient (Wildman–Crippen LogP) is 2.86. The molecule has 0 aliphatic heterocycles. The van der Waals surface area contributed by atoms with E-state index in [0.717, 1.165) is 27.3 Å². The minimum absolute atomic E-state index is 0.685. The highest BCUT2D eigenvalue weighted by molar-refractivity contribution is 7.21. The largest absolute Gasteiger partial charge is 0.330 e. The molecule has 3 rings (SSSR count). The third kappa shape index (κ3) is 2.12. The Morgan fingerprint density at radius 3 is 2.67 bits per heavy atom. The van der Waals surface area contributed by atoms with Crippen LogP contribution in [0.25, 0.3) is 20.9 Å². The van der Waals surface area contributed by atoms with Gasteiger partial charge in [-0.3, -0.25) is 0 Å². The molecule has 0 aliphatic carbocycles. The molecule has 3 aromatic rings. The van der Waals surface area contributed by atoms with Crippen LogP contribution >= 0.6 is 11.3 Å². The molecule has 0 unspecified atom stereocenters. The molecule has 2 N–H and O–H groups in total. The van der Waals surface area contributed by atoms with Crippen molar-refractivity contribution in [2.75, 3.05) is 6.54 Å². The van der Waals surface area contributed by atoms with Gasteiger partial charge >= 0.3 is 0 Å². The smallest absolute Gasteiger partial charge is 0.143 e. The number of hydrogen-bond donors (Lipinski definition) is 1. The van der Waals surface area contributed by atoms with Gasteiger partial charge in [-0.2, -0.15) is 0 Å². The monoisotopic (exact) mass is 255 g/mol. The van der Waals surface area contributed by atoms with Crippen LogP contribution in [0.4, 0.5) is 0 Å². The number of nitrogens with two attached hydrogens (primary N) is 1. The van der Waals surface area contributed by atoms with E-state index in [1.54, 1.807) is 17.5 Å². The van der Waals surface area contributed by atoms with E-state index in [0.29, 0.717) is 6.54 Å². The molecule has 0 saturated carbocycles. The lowest BCUT2D eigenvalue weighted by Crippen LogP contribution is -2.02. The zero-order chi connectivity index (χ0) is 12.4. The second kappa shape index (κ2) is 4.84. The summed E-state index contributed by atoms with van der Waals surface area (Å²) in [6.07, 6.45) is 2.72. The van der Waals surface area contributed by atoms with Gasteiger partial charge in [0.1, 0.15) is 15.4 Å². The maximum atomic E-state index is 5.54. The van der Waals surface area contributed by atoms with E-state index in [4.69, 9.17) is 5.73 Å². The van der Waals surface area contributed by atoms with Gasteiger partial charge in [0, 0.05) is 11.8 Å². The third-order valence-electron chi connectivity index (χ3n) is 2.80. The highest BCUT2D eigenvalue weighted by atomic mass is 32.1. The molecule has 2 aromatic heterocycles. The van der Waals surface area contributed by atoms with Crippen molar-refractivity contribution in [3.8, 4) is 10.6 Å². The van der Waals surface area contributed by atoms with E-state index in [2.05, 4.69) is 34.2 Å². The van der Waals surface area contributed by atoms with Gasteiger partial charge in [-0.05, 0) is 30.7 Å². The summed E-state index contributed by atoms with van der Waals surface area (Å²) in [7, 11) is 0. The van der Waals surface area contributed by atoms with E-state index in [1.807, 2.05) is 12.1 Å². The Morgan fingerprint density at radius 2 is 1.94 bits per heavy atom. The Bertz CT molecular complexity index is 625. The summed E-state index contributed by atoms with van der Waals surface area (Å²) in [5.74, 6) is 0. The number of rotatable bonds is 3. The number of aromatic nitrogens is 2. The number of hydrogen-bond acceptors (Lipinski definition) is 4. The number of fused-ring (bicyclic) bond motifs is 1. The molecule has 3 nitrogen and oxygen atoms in total. The number of pyridine rings is 1. The highest BCUT2D eigenvalue weighted by Gasteiger charge is 2.06. The summed E-state index contributed by atoms with van der Waals surface area (Å²) in [6, 6.07) is 12.3. The van der Waals surface area contributed by atoms with Crippen molar-refractivity contribution < 1.29 is 0 Å². The molecule has 90 valence electrons. The SMILES string of the molecule is NCCc1ccc(-c2nc3cccnc3s2)cc1. The highest BCUT2D eigenvalue weighted by Crippen LogP contribution is 2.28. The molecular formula is C14H13N3S. The molecule has 0 spiro atoms. The lowest BCUT2D eigenvalue weighted by Gasteiger charge is -1.99. The lowest BCUT2D eigenvalue weighted by molar-refractivity contribution is 0.969. The van der Waals surface area contributed by atoms with Crippen LogP contribution in [-0.4, -0.2) is 16.5 Å². The van der Waals surface area contributed by atoms with Crippen molar-refractivity contribution in [3.63, 3.8) is 0 Å². The molecule has 0 saturated heterocycles. The molecule has 0 atom stereocenters. The summed E-state index contributed by atoms with van der Waals surface area (Å²) >= 11 is 1.62. The van der Waals surface area contributed by atoms with Crippen molar-refractivity contribution in [1.29, 1.82) is 0 Å². The lowest BCUT2D eigenvalue weighted by atomic mass is 10.1. The molecular weight excluding hydrogens is 242 g/mol. The zero-order valence-corrected chi connectivity index (χ0v) is 10.7. The molecule has 4 heteroatoms. The Balaban J connectivity index is 1.98. The van der Waals surface area contributed by atoms with Crippen molar-refractivity contribution >= 4 is 21.7 Å². The molecule has 18 heavy (non-hydrogen) atoms. The van der Waals surface area contributed by atoms with Gasteiger partial charge < -0.3 is 5.73 Å². The van der Waals surface area contributed by atoms with E-state index in [1.165, 1.54) is 5.56 Å². The standard InChI is InChI=1S/C14H13N3S/c15-8-7-10-3-5-11(6-4-10)13-17-12-2-1-9-16-14(12)18-13/h1-6,9H,7-8,15H2. The summed E-state index contributed by atoms with van der Waals surface area (Å²) in [6.45, 7) is 0.685. The van der Waals surface area contributed by atoms with Crippen LogP contribution in [0.1, 0.15) is 5.56 Å². The first kappa shape index (κ1) is 11.3. The van der Waals surface area contributed by atoms with E-state index in [-0.39, 0.29) is 0 Å². The Labute approximate surface area is 109 Å². The number of nitrogens with zero attached hydrogens (tertiary/aromatic N) is 2. The number of benzene rings is 1. The van der Waals surface area contributed by atoms with Crippen LogP contribution in [0.3, 0.4) is 0 Å². The summed E-state index contributed by atoms with van der Waals surface area (Å²) in [5, 5.41) is 1.02. The van der Waals surface area contributed by atoms with Gasteiger partial charge in [-0.1, -0.05) is 35.6 Å². The van der Waals surface area contributed by atoms with E-state index in [9.17, 15) is 0 Å². The van der Waals surface area contributed by atoms with Crippen molar-refractivity contribution in [2.24, 2.45) is 5.73 Å². The van der Waals surface area contributed by atoms with Crippen LogP contribution in [-0.2, 0) is 6.42 Å². The Kier molecular flexibility index (Phi) is 3.04. The quantitative estimate of drug-likeness (QED) is 0.783. The van der Waals surface area contributed by atoms with Crippen molar-refractivity contribution in [1.82, 2.24) is 9.97 Å². The predicted molar refractivity (Wildman–Crippen MR) is 75.6 cm³/mol. The van der Waals surface area contributed by atoms with Gasteiger partial charge in [-0.15, -0.1) is 0 Å². The van der Waals surface area contributed by atoms with Gasteiger partial charge in [0.05, 0.1) is 0 Å². The molecule has 0 radical (unpaired) electrons. The van der Waals surface area contributed by atoms with Crippen LogP contribution in [0, 0.1) is 0 Å². The second-order valence-corrected chi connectivity index (χ2v) is 5.06. The summed E-state index contributed by atoms with van der Waals surface area (Å²) < 4.78 is 0. The first-order valence-electron chi connectivity index (χ1n) is 5.88. The molecule has 0 bridgehead atoms. The fourth-order valence-electron chi connectivity index (χ4n) is 1.87. The topological polar surface area (TPSA) is 51.8 Å². The van der Waals surface area contributed by atoms with Crippen LogP contribution in [0.5, 0.6) is 0 Å². The maximum Gasteiger partial charge on any atom is 0.143 e. The zero-order valence-electron chi connectivity index (χ0n) is 9.84. The molecule has 0 fully saturated rings. The van der Waals surface area contributed by atoms with Gasteiger partial charge in [0.2, 0.25) is 0 Å². The first-order chi connectivity index (χ1) is 8.86. The minimum Gasteiger partial charge on any atom is -0.330 e. The normalized spacial score (nSPS) is 10.9. The fraction of sp³-hybridized carbons (Fsp3) is 0.143. The van der Waals surface area contributed by atoms with Gasteiger partial charge in [0.25, 0.3) is 0 Å². The van der Waals surface area contributed by atoms with E-state index >= 15 is 0 Å². The second-order valence-electron chi connectivity index (χ2n) is 4.08. The van der Waals surface area contributed by atoms with Gasteiger partial charge in [-0.25, -0.2) is 9.97 Å². The Morgan fingerprint density at radius 1 is 1.11 bits per heavy atom. The Hall–Kier alpha value is -1.78.